The molecular weight excluding hydrogens is 671 g/mol. The summed E-state index contributed by atoms with van der Waals surface area (Å²) in [4.78, 5) is 8.51. The largest absolute Gasteiger partial charge is 0.508 e. The van der Waals surface area contributed by atoms with Gasteiger partial charge in [-0.1, -0.05) is 31.2 Å². The standard InChI is InChI=1S/C41H50F3N3O5/c1-40-16-15-32-31-12-10-29(48)23-27(31)7-11-33(32)34(40)13-14-37(40)50-22-21-46-17-19-47(20-18-46)28-8-5-26(6-9-28)39-35(24-30(49)25-51-39)52-38-4-2-3-36(45-38)41(42,43)44/h2-6,8-10,12,23,30,32-35,37,39,48-49H,7,11,13-22,24-25H2,1H3/t30-,32?,33?,34?,35?,37?,39+,40?/m1/s1. The number of fused-ring (bicyclic) bond motifs is 5. The molecule has 8 atom stereocenters. The number of nitrogens with zero attached hydrogens (tertiary/aromatic N) is 3. The summed E-state index contributed by atoms with van der Waals surface area (Å²) in [6, 6.07) is 17.7. The van der Waals surface area contributed by atoms with Gasteiger partial charge in [0.15, 0.2) is 0 Å². The fourth-order valence-corrected chi connectivity index (χ4v) is 10.2. The molecule has 0 radical (unpaired) electrons. The van der Waals surface area contributed by atoms with E-state index >= 15 is 0 Å². The molecule has 0 bridgehead atoms. The van der Waals surface area contributed by atoms with Gasteiger partial charge in [0.1, 0.15) is 23.7 Å². The third-order valence-corrected chi connectivity index (χ3v) is 12.9. The number of hydrogen-bond donors (Lipinski definition) is 2. The van der Waals surface area contributed by atoms with Crippen LogP contribution in [0.1, 0.15) is 79.9 Å². The number of pyridine rings is 1. The summed E-state index contributed by atoms with van der Waals surface area (Å²) in [7, 11) is 0. The van der Waals surface area contributed by atoms with Crippen molar-refractivity contribution in [3.63, 3.8) is 0 Å². The highest BCUT2D eigenvalue weighted by Crippen LogP contribution is 2.61. The second-order valence-electron chi connectivity index (χ2n) is 15.9. The number of anilines is 1. The molecule has 3 heterocycles. The first-order valence-electron chi connectivity index (χ1n) is 19.1. The van der Waals surface area contributed by atoms with Crippen molar-refractivity contribution in [2.75, 3.05) is 50.8 Å². The highest BCUT2D eigenvalue weighted by atomic mass is 19.4. The van der Waals surface area contributed by atoms with Gasteiger partial charge in [0, 0.05) is 50.9 Å². The Labute approximate surface area is 303 Å². The first-order valence-corrected chi connectivity index (χ1v) is 19.1. The molecule has 52 heavy (non-hydrogen) atoms. The van der Waals surface area contributed by atoms with Crippen LogP contribution in [0.4, 0.5) is 18.9 Å². The quantitative estimate of drug-likeness (QED) is 0.254. The molecule has 3 aromatic rings. The Morgan fingerprint density at radius 1 is 0.981 bits per heavy atom. The van der Waals surface area contributed by atoms with Gasteiger partial charge in [-0.15, -0.1) is 0 Å². The van der Waals surface area contributed by atoms with E-state index in [2.05, 4.69) is 39.9 Å². The van der Waals surface area contributed by atoms with Gasteiger partial charge in [0.05, 0.1) is 25.4 Å². The van der Waals surface area contributed by atoms with E-state index in [1.165, 1.54) is 48.9 Å². The third-order valence-electron chi connectivity index (χ3n) is 12.9. The number of phenols is 1. The summed E-state index contributed by atoms with van der Waals surface area (Å²) in [5, 5.41) is 20.3. The molecule has 0 spiro atoms. The van der Waals surface area contributed by atoms with Crippen molar-refractivity contribution in [1.29, 1.82) is 0 Å². The average molecular weight is 722 g/mol. The van der Waals surface area contributed by atoms with Gasteiger partial charge in [-0.05, 0) is 109 Å². The van der Waals surface area contributed by atoms with Crippen LogP contribution in [-0.4, -0.2) is 84.3 Å². The van der Waals surface area contributed by atoms with Gasteiger partial charge >= 0.3 is 6.18 Å². The number of piperazine rings is 1. The molecule has 280 valence electrons. The predicted molar refractivity (Wildman–Crippen MR) is 191 cm³/mol. The van der Waals surface area contributed by atoms with Crippen molar-refractivity contribution < 1.29 is 37.6 Å². The summed E-state index contributed by atoms with van der Waals surface area (Å²) in [5.41, 5.74) is 3.99. The van der Waals surface area contributed by atoms with E-state index in [0.29, 0.717) is 29.6 Å². The first-order chi connectivity index (χ1) is 25.0. The number of aryl methyl sites for hydroxylation is 1. The minimum atomic E-state index is -4.58. The SMILES string of the molecule is CC12CCC3c4ccc(O)cc4CCC3C1CCC2OCCN1CCN(c2ccc([C@@H]3OC[C@H](O)CC3Oc3cccc(C(F)(F)F)n3)cc2)CC1. The lowest BCUT2D eigenvalue weighted by Gasteiger charge is -2.50. The van der Waals surface area contributed by atoms with Crippen molar-refractivity contribution in [3.8, 4) is 11.6 Å². The van der Waals surface area contributed by atoms with Gasteiger partial charge in [-0.25, -0.2) is 4.98 Å². The van der Waals surface area contributed by atoms with Crippen LogP contribution in [0.5, 0.6) is 11.6 Å². The number of aliphatic hydroxyl groups is 1. The van der Waals surface area contributed by atoms with Gasteiger partial charge in [-0.2, -0.15) is 13.2 Å². The first kappa shape index (κ1) is 35.6. The van der Waals surface area contributed by atoms with E-state index in [4.69, 9.17) is 14.2 Å². The molecule has 0 amide bonds. The van der Waals surface area contributed by atoms with Gasteiger partial charge in [0.25, 0.3) is 0 Å². The molecule has 2 aliphatic heterocycles. The normalized spacial score (nSPS) is 32.2. The lowest BCUT2D eigenvalue weighted by Crippen LogP contribution is -2.48. The second kappa shape index (κ2) is 14.5. The number of benzene rings is 2. The molecule has 2 aromatic carbocycles. The summed E-state index contributed by atoms with van der Waals surface area (Å²) in [6.45, 7) is 8.03. The fourth-order valence-electron chi connectivity index (χ4n) is 10.2. The van der Waals surface area contributed by atoms with Crippen molar-refractivity contribution >= 4 is 5.69 Å². The van der Waals surface area contributed by atoms with Crippen LogP contribution < -0.4 is 9.64 Å². The minimum absolute atomic E-state index is 0.122. The van der Waals surface area contributed by atoms with Crippen LogP contribution in [0.15, 0.2) is 60.7 Å². The maximum atomic E-state index is 13.2. The van der Waals surface area contributed by atoms with Crippen LogP contribution in [0.25, 0.3) is 0 Å². The molecule has 8 rings (SSSR count). The maximum absolute atomic E-state index is 13.2. The van der Waals surface area contributed by atoms with E-state index in [1.807, 2.05) is 24.3 Å². The smallest absolute Gasteiger partial charge is 0.433 e. The monoisotopic (exact) mass is 721 g/mol. The Hall–Kier alpha value is -3.38. The Morgan fingerprint density at radius 3 is 2.58 bits per heavy atom. The Morgan fingerprint density at radius 2 is 1.79 bits per heavy atom. The molecule has 6 unspecified atom stereocenters. The van der Waals surface area contributed by atoms with Gasteiger partial charge < -0.3 is 29.3 Å². The number of alkyl halides is 3. The van der Waals surface area contributed by atoms with E-state index in [-0.39, 0.29) is 24.3 Å². The highest BCUT2D eigenvalue weighted by Gasteiger charge is 2.55. The zero-order valence-electron chi connectivity index (χ0n) is 29.8. The van der Waals surface area contributed by atoms with Crippen molar-refractivity contribution in [1.82, 2.24) is 9.88 Å². The molecule has 3 aliphatic carbocycles. The average Bonchev–Trinajstić information content (AvgIpc) is 3.47. The van der Waals surface area contributed by atoms with Crippen LogP contribution >= 0.6 is 0 Å². The van der Waals surface area contributed by atoms with Crippen molar-refractivity contribution in [2.24, 2.45) is 17.3 Å². The molecule has 11 heteroatoms. The van der Waals surface area contributed by atoms with Crippen molar-refractivity contribution in [3.05, 3.63) is 83.0 Å². The van der Waals surface area contributed by atoms with E-state index in [9.17, 15) is 23.4 Å². The number of rotatable bonds is 8. The zero-order valence-corrected chi connectivity index (χ0v) is 29.8. The minimum Gasteiger partial charge on any atom is -0.508 e. The predicted octanol–water partition coefficient (Wildman–Crippen LogP) is 7.14. The number of halogens is 3. The molecule has 2 saturated carbocycles. The van der Waals surface area contributed by atoms with Crippen LogP contribution in [0, 0.1) is 17.3 Å². The van der Waals surface area contributed by atoms with Gasteiger partial charge in [0.2, 0.25) is 5.88 Å². The number of phenolic OH excluding ortho intramolecular Hbond substituents is 1. The third kappa shape index (κ3) is 7.13. The van der Waals surface area contributed by atoms with Crippen LogP contribution in [0.3, 0.4) is 0 Å². The van der Waals surface area contributed by atoms with Crippen molar-refractivity contribution in [2.45, 2.75) is 88.4 Å². The fraction of sp³-hybridized carbons (Fsp3) is 0.585. The lowest BCUT2D eigenvalue weighted by atomic mass is 9.55. The Bertz CT molecular complexity index is 1700. The van der Waals surface area contributed by atoms with Gasteiger partial charge in [-0.3, -0.25) is 4.90 Å². The number of hydrogen-bond acceptors (Lipinski definition) is 8. The number of aliphatic hydroxyl groups excluding tert-OH is 1. The molecule has 5 aliphatic rings. The lowest BCUT2D eigenvalue weighted by molar-refractivity contribution is -0.142. The highest BCUT2D eigenvalue weighted by molar-refractivity contribution is 5.48. The number of aromatic hydroxyl groups is 1. The van der Waals surface area contributed by atoms with E-state index in [1.54, 1.807) is 0 Å². The van der Waals surface area contributed by atoms with Crippen LogP contribution in [0.2, 0.25) is 0 Å². The molecule has 8 nitrogen and oxygen atoms in total. The molecule has 4 fully saturated rings. The summed E-state index contributed by atoms with van der Waals surface area (Å²) >= 11 is 0. The van der Waals surface area contributed by atoms with E-state index in [0.717, 1.165) is 69.5 Å². The molecule has 2 N–H and O–H groups in total. The topological polar surface area (TPSA) is 87.5 Å². The maximum Gasteiger partial charge on any atom is 0.433 e. The van der Waals surface area contributed by atoms with E-state index < -0.39 is 30.2 Å². The molecular formula is C41H50F3N3O5. The summed E-state index contributed by atoms with van der Waals surface area (Å²) in [6.07, 6.45) is 1.05. The molecule has 2 saturated heterocycles. The Kier molecular flexibility index (Phi) is 9.91. The van der Waals surface area contributed by atoms with Crippen LogP contribution in [-0.2, 0) is 22.1 Å². The molecule has 1 aromatic heterocycles. The number of aromatic nitrogens is 1. The number of ether oxygens (including phenoxy) is 3. The summed E-state index contributed by atoms with van der Waals surface area (Å²) in [5.74, 6) is 2.27. The Balaban J connectivity index is 0.816. The summed E-state index contributed by atoms with van der Waals surface area (Å²) < 4.78 is 58.2. The second-order valence-corrected chi connectivity index (χ2v) is 15.9. The zero-order chi connectivity index (χ0) is 36.0.